The Hall–Kier alpha value is -1.91. The highest BCUT2D eigenvalue weighted by atomic mass is 79.9. The van der Waals surface area contributed by atoms with E-state index >= 15 is 0 Å². The van der Waals surface area contributed by atoms with E-state index < -0.39 is 6.10 Å². The molecule has 0 saturated heterocycles. The van der Waals surface area contributed by atoms with Crippen molar-refractivity contribution < 1.29 is 9.84 Å². The summed E-state index contributed by atoms with van der Waals surface area (Å²) < 4.78 is 6.28. The molecule has 2 aromatic carbocycles. The Morgan fingerprint density at radius 3 is 2.71 bits per heavy atom. The minimum Gasteiger partial charge on any atom is -0.496 e. The lowest BCUT2D eigenvalue weighted by molar-refractivity contribution is 0.216. The Kier molecular flexibility index (Phi) is 3.90. The number of aliphatic hydroxyl groups excluding tert-OH is 1. The van der Waals surface area contributed by atoms with E-state index in [4.69, 9.17) is 4.74 Å². The molecule has 4 heteroatoms. The third-order valence-electron chi connectivity index (χ3n) is 3.45. The maximum absolute atomic E-state index is 10.8. The summed E-state index contributed by atoms with van der Waals surface area (Å²) in [4.78, 5) is 4.39. The smallest absolute Gasteiger partial charge is 0.126 e. The van der Waals surface area contributed by atoms with Crippen LogP contribution in [0.2, 0.25) is 0 Å². The highest BCUT2D eigenvalue weighted by Gasteiger charge is 2.18. The van der Waals surface area contributed by atoms with Gasteiger partial charge in [0.1, 0.15) is 11.9 Å². The molecule has 106 valence electrons. The Balaban J connectivity index is 2.15. The molecule has 0 amide bonds. The van der Waals surface area contributed by atoms with Crippen molar-refractivity contribution >= 4 is 26.8 Å². The SMILES string of the molecule is COc1cc(Br)ccc1C(O)c1cccc2cccnc12. The topological polar surface area (TPSA) is 42.4 Å². The van der Waals surface area contributed by atoms with Crippen molar-refractivity contribution in [2.75, 3.05) is 7.11 Å². The zero-order chi connectivity index (χ0) is 14.8. The molecule has 0 bridgehead atoms. The molecular formula is C17H14BrNO2. The first-order chi connectivity index (χ1) is 10.2. The van der Waals surface area contributed by atoms with Crippen LogP contribution in [-0.4, -0.2) is 17.2 Å². The monoisotopic (exact) mass is 343 g/mol. The van der Waals surface area contributed by atoms with Crippen LogP contribution in [0, 0.1) is 0 Å². The molecule has 0 saturated carbocycles. The predicted octanol–water partition coefficient (Wildman–Crippen LogP) is 4.09. The Morgan fingerprint density at radius 2 is 1.90 bits per heavy atom. The number of hydrogen-bond acceptors (Lipinski definition) is 3. The number of fused-ring (bicyclic) bond motifs is 1. The zero-order valence-electron chi connectivity index (χ0n) is 11.5. The van der Waals surface area contributed by atoms with Crippen molar-refractivity contribution in [1.29, 1.82) is 0 Å². The average molecular weight is 344 g/mol. The molecule has 0 radical (unpaired) electrons. The van der Waals surface area contributed by atoms with E-state index in [1.807, 2.05) is 48.5 Å². The summed E-state index contributed by atoms with van der Waals surface area (Å²) in [5.74, 6) is 0.643. The lowest BCUT2D eigenvalue weighted by Crippen LogP contribution is -2.03. The van der Waals surface area contributed by atoms with Gasteiger partial charge in [0.15, 0.2) is 0 Å². The van der Waals surface area contributed by atoms with Crippen molar-refractivity contribution in [3.8, 4) is 5.75 Å². The van der Waals surface area contributed by atoms with E-state index in [2.05, 4.69) is 20.9 Å². The van der Waals surface area contributed by atoms with E-state index in [1.165, 1.54) is 0 Å². The van der Waals surface area contributed by atoms with Crippen LogP contribution >= 0.6 is 15.9 Å². The quantitative estimate of drug-likeness (QED) is 0.778. The molecule has 3 nitrogen and oxygen atoms in total. The average Bonchev–Trinajstić information content (AvgIpc) is 2.53. The van der Waals surface area contributed by atoms with Crippen molar-refractivity contribution in [2.24, 2.45) is 0 Å². The summed E-state index contributed by atoms with van der Waals surface area (Å²) in [5.41, 5.74) is 2.30. The van der Waals surface area contributed by atoms with Gasteiger partial charge in [-0.25, -0.2) is 0 Å². The second-order valence-electron chi connectivity index (χ2n) is 4.71. The lowest BCUT2D eigenvalue weighted by atomic mass is 9.98. The summed E-state index contributed by atoms with van der Waals surface area (Å²) >= 11 is 3.41. The van der Waals surface area contributed by atoms with Gasteiger partial charge in [0.2, 0.25) is 0 Å². The number of halogens is 1. The van der Waals surface area contributed by atoms with Crippen molar-refractivity contribution in [1.82, 2.24) is 4.98 Å². The molecule has 1 N–H and O–H groups in total. The van der Waals surface area contributed by atoms with Crippen LogP contribution in [0.4, 0.5) is 0 Å². The number of methoxy groups -OCH3 is 1. The maximum Gasteiger partial charge on any atom is 0.126 e. The molecule has 1 unspecified atom stereocenters. The van der Waals surface area contributed by atoms with E-state index in [0.29, 0.717) is 5.75 Å². The van der Waals surface area contributed by atoms with Crippen molar-refractivity contribution in [2.45, 2.75) is 6.10 Å². The fourth-order valence-electron chi connectivity index (χ4n) is 2.43. The highest BCUT2D eigenvalue weighted by Crippen LogP contribution is 2.34. The molecule has 0 aliphatic carbocycles. The minimum atomic E-state index is -0.786. The zero-order valence-corrected chi connectivity index (χ0v) is 13.0. The van der Waals surface area contributed by atoms with Gasteiger partial charge in [-0.2, -0.15) is 0 Å². The number of aromatic nitrogens is 1. The molecule has 0 aliphatic rings. The van der Waals surface area contributed by atoms with Gasteiger partial charge in [-0.3, -0.25) is 4.98 Å². The summed E-state index contributed by atoms with van der Waals surface area (Å²) in [7, 11) is 1.60. The van der Waals surface area contributed by atoms with Crippen LogP contribution in [-0.2, 0) is 0 Å². The van der Waals surface area contributed by atoms with E-state index in [0.717, 1.165) is 26.5 Å². The molecular weight excluding hydrogens is 330 g/mol. The van der Waals surface area contributed by atoms with Crippen molar-refractivity contribution in [3.05, 3.63) is 70.3 Å². The van der Waals surface area contributed by atoms with E-state index in [-0.39, 0.29) is 0 Å². The number of ether oxygens (including phenoxy) is 1. The van der Waals surface area contributed by atoms with Crippen LogP contribution in [0.1, 0.15) is 17.2 Å². The highest BCUT2D eigenvalue weighted by molar-refractivity contribution is 9.10. The van der Waals surface area contributed by atoms with Gasteiger partial charge in [0.05, 0.1) is 12.6 Å². The van der Waals surface area contributed by atoms with Crippen LogP contribution in [0.5, 0.6) is 5.75 Å². The predicted molar refractivity (Wildman–Crippen MR) is 86.5 cm³/mol. The second-order valence-corrected chi connectivity index (χ2v) is 5.63. The number of pyridine rings is 1. The lowest BCUT2D eigenvalue weighted by Gasteiger charge is -2.16. The molecule has 1 aromatic heterocycles. The first-order valence-corrected chi connectivity index (χ1v) is 7.35. The second kappa shape index (κ2) is 5.84. The largest absolute Gasteiger partial charge is 0.496 e. The van der Waals surface area contributed by atoms with Gasteiger partial charge in [0, 0.05) is 27.2 Å². The maximum atomic E-state index is 10.8. The first-order valence-electron chi connectivity index (χ1n) is 6.56. The first kappa shape index (κ1) is 14.0. The Bertz CT molecular complexity index is 783. The Labute approximate surface area is 131 Å². The molecule has 3 aromatic rings. The molecule has 21 heavy (non-hydrogen) atoms. The number of nitrogens with zero attached hydrogens (tertiary/aromatic N) is 1. The molecule has 0 aliphatic heterocycles. The van der Waals surface area contributed by atoms with Gasteiger partial charge in [-0.1, -0.05) is 46.3 Å². The number of rotatable bonds is 3. The molecule has 1 heterocycles. The number of aliphatic hydroxyl groups is 1. The summed E-state index contributed by atoms with van der Waals surface area (Å²) in [6.45, 7) is 0. The van der Waals surface area contributed by atoms with E-state index in [9.17, 15) is 5.11 Å². The van der Waals surface area contributed by atoms with E-state index in [1.54, 1.807) is 13.3 Å². The van der Waals surface area contributed by atoms with Gasteiger partial charge in [-0.05, 0) is 18.2 Å². The number of hydrogen-bond donors (Lipinski definition) is 1. The number of para-hydroxylation sites is 1. The van der Waals surface area contributed by atoms with Crippen molar-refractivity contribution in [3.63, 3.8) is 0 Å². The molecule has 0 spiro atoms. The van der Waals surface area contributed by atoms with Gasteiger partial charge in [0.25, 0.3) is 0 Å². The fraction of sp³-hybridized carbons (Fsp3) is 0.118. The van der Waals surface area contributed by atoms with Gasteiger partial charge < -0.3 is 9.84 Å². The van der Waals surface area contributed by atoms with Crippen LogP contribution < -0.4 is 4.74 Å². The van der Waals surface area contributed by atoms with Crippen LogP contribution in [0.15, 0.2) is 59.2 Å². The van der Waals surface area contributed by atoms with Crippen LogP contribution in [0.25, 0.3) is 10.9 Å². The fourth-order valence-corrected chi connectivity index (χ4v) is 2.77. The molecule has 0 fully saturated rings. The van der Waals surface area contributed by atoms with Crippen LogP contribution in [0.3, 0.4) is 0 Å². The summed E-state index contributed by atoms with van der Waals surface area (Å²) in [6, 6.07) is 15.3. The van der Waals surface area contributed by atoms with Gasteiger partial charge >= 0.3 is 0 Å². The molecule has 1 atom stereocenters. The summed E-state index contributed by atoms with van der Waals surface area (Å²) in [6.07, 6.45) is 0.948. The third-order valence-corrected chi connectivity index (χ3v) is 3.94. The minimum absolute atomic E-state index is 0.643. The molecule has 3 rings (SSSR count). The third kappa shape index (κ3) is 2.64. The standard InChI is InChI=1S/C17H14BrNO2/c1-21-15-10-12(18)7-8-13(15)17(20)14-6-2-4-11-5-3-9-19-16(11)14/h2-10,17,20H,1H3. The number of benzene rings is 2. The van der Waals surface area contributed by atoms with Gasteiger partial charge in [-0.15, -0.1) is 0 Å². The summed E-state index contributed by atoms with van der Waals surface area (Å²) in [5, 5.41) is 11.8. The Morgan fingerprint density at radius 1 is 1.10 bits per heavy atom. The normalized spacial score (nSPS) is 12.3.